The van der Waals surface area contributed by atoms with Gasteiger partial charge in [0, 0.05) is 14.1 Å². The van der Waals surface area contributed by atoms with E-state index >= 15 is 0 Å². The second-order valence-corrected chi connectivity index (χ2v) is 6.26. The molecule has 0 aliphatic rings. The van der Waals surface area contributed by atoms with Crippen molar-refractivity contribution in [2.45, 2.75) is 19.6 Å². The van der Waals surface area contributed by atoms with E-state index in [1.807, 2.05) is 38.2 Å². The molecule has 0 saturated carbocycles. The Morgan fingerprint density at radius 3 is 2.63 bits per heavy atom. The van der Waals surface area contributed by atoms with Gasteiger partial charge in [0.05, 0.1) is 24.1 Å². The highest BCUT2D eigenvalue weighted by Gasteiger charge is 2.09. The Bertz CT molecular complexity index is 920. The average Bonchev–Trinajstić information content (AvgIpc) is 3.00. The van der Waals surface area contributed by atoms with E-state index in [4.69, 9.17) is 4.74 Å². The molecule has 6 nitrogen and oxygen atoms in total. The minimum absolute atomic E-state index is 0.107. The zero-order chi connectivity index (χ0) is 19.2. The summed E-state index contributed by atoms with van der Waals surface area (Å²) in [5.41, 5.74) is 2.07. The van der Waals surface area contributed by atoms with Gasteiger partial charge in [0.1, 0.15) is 23.5 Å². The first-order chi connectivity index (χ1) is 13.1. The lowest BCUT2D eigenvalue weighted by atomic mass is 10.3. The van der Waals surface area contributed by atoms with Crippen LogP contribution in [0, 0.1) is 5.82 Å². The quantitative estimate of drug-likeness (QED) is 0.518. The summed E-state index contributed by atoms with van der Waals surface area (Å²) in [4.78, 5) is 8.87. The van der Waals surface area contributed by atoms with Gasteiger partial charge in [-0.25, -0.2) is 9.37 Å². The van der Waals surface area contributed by atoms with Gasteiger partial charge in [0.25, 0.3) is 0 Å². The Balaban J connectivity index is 1.51. The molecular weight excluding hydrogens is 345 g/mol. The average molecular weight is 369 g/mol. The molecule has 2 N–H and O–H groups in total. The molecule has 7 heteroatoms. The summed E-state index contributed by atoms with van der Waals surface area (Å²) in [6.45, 7) is 3.05. The molecule has 1 unspecified atom stereocenters. The van der Waals surface area contributed by atoms with Crippen molar-refractivity contribution >= 4 is 17.0 Å². The van der Waals surface area contributed by atoms with Crippen molar-refractivity contribution in [1.82, 2.24) is 20.2 Å². The zero-order valence-electron chi connectivity index (χ0n) is 15.7. The van der Waals surface area contributed by atoms with Crippen LogP contribution in [0.15, 0.2) is 53.5 Å². The summed E-state index contributed by atoms with van der Waals surface area (Å²) in [6, 6.07) is 14.0. The molecule has 0 spiro atoms. The van der Waals surface area contributed by atoms with E-state index in [1.165, 1.54) is 12.1 Å². The second-order valence-electron chi connectivity index (χ2n) is 6.26. The van der Waals surface area contributed by atoms with Gasteiger partial charge in [0.15, 0.2) is 5.96 Å². The van der Waals surface area contributed by atoms with Crippen molar-refractivity contribution in [3.05, 3.63) is 60.2 Å². The number of nitrogens with one attached hydrogen (secondary N) is 2. The van der Waals surface area contributed by atoms with E-state index < -0.39 is 0 Å². The molecule has 0 fully saturated rings. The number of aryl methyl sites for hydroxylation is 1. The lowest BCUT2D eigenvalue weighted by molar-refractivity contribution is 0.223. The van der Waals surface area contributed by atoms with E-state index in [0.717, 1.165) is 16.9 Å². The number of imidazole rings is 1. The highest BCUT2D eigenvalue weighted by Crippen LogP contribution is 2.14. The Labute approximate surface area is 158 Å². The first kappa shape index (κ1) is 18.7. The minimum Gasteiger partial charge on any atom is -0.489 e. The molecule has 0 aliphatic carbocycles. The third-order valence-electron chi connectivity index (χ3n) is 4.23. The van der Waals surface area contributed by atoms with Crippen LogP contribution in [0.3, 0.4) is 0 Å². The number of halogens is 1. The van der Waals surface area contributed by atoms with Crippen LogP contribution in [0.25, 0.3) is 11.0 Å². The first-order valence-electron chi connectivity index (χ1n) is 8.84. The number of nitrogens with zero attached hydrogens (tertiary/aromatic N) is 3. The third-order valence-corrected chi connectivity index (χ3v) is 4.23. The van der Waals surface area contributed by atoms with Gasteiger partial charge in [0.2, 0.25) is 0 Å². The van der Waals surface area contributed by atoms with Gasteiger partial charge in [-0.3, -0.25) is 4.99 Å². The number of para-hydroxylation sites is 2. The van der Waals surface area contributed by atoms with Crippen LogP contribution in [0.2, 0.25) is 0 Å². The molecule has 3 rings (SSSR count). The summed E-state index contributed by atoms with van der Waals surface area (Å²) in [5.74, 6) is 1.94. The normalized spacial score (nSPS) is 12.8. The molecule has 1 aromatic heterocycles. The third kappa shape index (κ3) is 4.75. The fraction of sp³-hybridized carbons (Fsp3) is 0.300. The molecule has 2 aromatic carbocycles. The van der Waals surface area contributed by atoms with Crippen molar-refractivity contribution in [2.24, 2.45) is 12.0 Å². The Kier molecular flexibility index (Phi) is 5.90. The predicted molar refractivity (Wildman–Crippen MR) is 105 cm³/mol. The van der Waals surface area contributed by atoms with Crippen molar-refractivity contribution < 1.29 is 9.13 Å². The lowest BCUT2D eigenvalue weighted by Gasteiger charge is -2.17. The van der Waals surface area contributed by atoms with Crippen LogP contribution in [0.1, 0.15) is 12.7 Å². The van der Waals surface area contributed by atoms with Gasteiger partial charge < -0.3 is 19.9 Å². The maximum atomic E-state index is 12.9. The maximum absolute atomic E-state index is 12.9. The highest BCUT2D eigenvalue weighted by atomic mass is 19.1. The molecule has 1 heterocycles. The fourth-order valence-electron chi connectivity index (χ4n) is 2.76. The van der Waals surface area contributed by atoms with E-state index in [1.54, 1.807) is 19.2 Å². The summed E-state index contributed by atoms with van der Waals surface area (Å²) < 4.78 is 20.8. The first-order valence-corrected chi connectivity index (χ1v) is 8.84. The molecule has 0 aliphatic heterocycles. The van der Waals surface area contributed by atoms with Gasteiger partial charge in [-0.2, -0.15) is 0 Å². The molecule has 1 atom stereocenters. The standard InChI is InChI=1S/C20H24FN5O/c1-14(27-16-10-8-15(21)9-11-16)12-23-20(22-2)24-13-19-25-17-6-4-5-7-18(17)26(19)3/h4-11,14H,12-13H2,1-3H3,(H2,22,23,24). The maximum Gasteiger partial charge on any atom is 0.191 e. The predicted octanol–water partition coefficient (Wildman–Crippen LogP) is 2.84. The molecule has 0 amide bonds. The van der Waals surface area contributed by atoms with Crippen LogP contribution >= 0.6 is 0 Å². The van der Waals surface area contributed by atoms with E-state index in [2.05, 4.69) is 25.2 Å². The number of aromatic nitrogens is 2. The van der Waals surface area contributed by atoms with Gasteiger partial charge in [-0.1, -0.05) is 12.1 Å². The van der Waals surface area contributed by atoms with Gasteiger partial charge in [-0.15, -0.1) is 0 Å². The Morgan fingerprint density at radius 2 is 1.93 bits per heavy atom. The number of guanidine groups is 1. The summed E-state index contributed by atoms with van der Waals surface area (Å²) in [5, 5.41) is 6.49. The van der Waals surface area contributed by atoms with Crippen LogP contribution in [0.4, 0.5) is 4.39 Å². The summed E-state index contributed by atoms with van der Waals surface area (Å²) in [7, 11) is 3.72. The van der Waals surface area contributed by atoms with Crippen molar-refractivity contribution in [1.29, 1.82) is 0 Å². The van der Waals surface area contributed by atoms with Gasteiger partial charge in [-0.05, 0) is 43.3 Å². The summed E-state index contributed by atoms with van der Waals surface area (Å²) >= 11 is 0. The van der Waals surface area contributed by atoms with Gasteiger partial charge >= 0.3 is 0 Å². The number of hydrogen-bond acceptors (Lipinski definition) is 3. The molecule has 0 bridgehead atoms. The Morgan fingerprint density at radius 1 is 1.19 bits per heavy atom. The summed E-state index contributed by atoms with van der Waals surface area (Å²) in [6.07, 6.45) is -0.107. The number of benzene rings is 2. The lowest BCUT2D eigenvalue weighted by Crippen LogP contribution is -2.41. The number of rotatable bonds is 6. The number of ether oxygens (including phenoxy) is 1. The van der Waals surface area contributed by atoms with E-state index in [-0.39, 0.29) is 11.9 Å². The SMILES string of the molecule is CN=C(NCc1nc2ccccc2n1C)NCC(C)Oc1ccc(F)cc1. The fourth-order valence-corrected chi connectivity index (χ4v) is 2.76. The molecular formula is C20H24FN5O. The monoisotopic (exact) mass is 369 g/mol. The van der Waals surface area contributed by atoms with Crippen LogP contribution < -0.4 is 15.4 Å². The molecule has 0 radical (unpaired) electrons. The second kappa shape index (κ2) is 8.53. The van der Waals surface area contributed by atoms with Crippen molar-refractivity contribution in [3.8, 4) is 5.75 Å². The topological polar surface area (TPSA) is 63.5 Å². The Hall–Kier alpha value is -3.09. The van der Waals surface area contributed by atoms with Crippen LogP contribution in [-0.4, -0.2) is 35.2 Å². The van der Waals surface area contributed by atoms with Crippen molar-refractivity contribution in [2.75, 3.05) is 13.6 Å². The van der Waals surface area contributed by atoms with Crippen LogP contribution in [-0.2, 0) is 13.6 Å². The number of hydrogen-bond donors (Lipinski definition) is 2. The van der Waals surface area contributed by atoms with E-state index in [0.29, 0.717) is 24.8 Å². The molecule has 27 heavy (non-hydrogen) atoms. The largest absolute Gasteiger partial charge is 0.489 e. The highest BCUT2D eigenvalue weighted by molar-refractivity contribution is 5.80. The van der Waals surface area contributed by atoms with E-state index in [9.17, 15) is 4.39 Å². The molecule has 142 valence electrons. The van der Waals surface area contributed by atoms with Crippen LogP contribution in [0.5, 0.6) is 5.75 Å². The van der Waals surface area contributed by atoms with Crippen molar-refractivity contribution in [3.63, 3.8) is 0 Å². The minimum atomic E-state index is -0.278. The smallest absolute Gasteiger partial charge is 0.191 e. The molecule has 3 aromatic rings. The zero-order valence-corrected chi connectivity index (χ0v) is 15.7. The number of fused-ring (bicyclic) bond motifs is 1. The number of aliphatic imine (C=N–C) groups is 1. The molecule has 0 saturated heterocycles.